The molecule has 20 heavy (non-hydrogen) atoms. The normalized spacial score (nSPS) is 12.2. The lowest BCUT2D eigenvalue weighted by atomic mass is 9.95. The van der Waals surface area contributed by atoms with Gasteiger partial charge in [0, 0.05) is 12.0 Å². The molecule has 0 saturated carbocycles. The van der Waals surface area contributed by atoms with Gasteiger partial charge in [-0.3, -0.25) is 0 Å². The van der Waals surface area contributed by atoms with Crippen molar-refractivity contribution in [1.82, 2.24) is 0 Å². The average Bonchev–Trinajstić information content (AvgIpc) is 2.40. The first-order valence-electron chi connectivity index (χ1n) is 6.59. The average molecular weight is 274 g/mol. The Morgan fingerprint density at radius 2 is 1.90 bits per heavy atom. The van der Waals surface area contributed by atoms with Gasteiger partial charge in [-0.05, 0) is 42.7 Å². The Labute approximate surface area is 118 Å². The Morgan fingerprint density at radius 1 is 1.20 bits per heavy atom. The SMILES string of the molecule is COc1cc(C)cc(C)c1C(O)Cc1ccccc1F. The van der Waals surface area contributed by atoms with Crippen molar-refractivity contribution >= 4 is 0 Å². The van der Waals surface area contributed by atoms with Gasteiger partial charge in [0.1, 0.15) is 11.6 Å². The maximum absolute atomic E-state index is 13.7. The summed E-state index contributed by atoms with van der Waals surface area (Å²) in [5, 5.41) is 10.4. The van der Waals surface area contributed by atoms with Gasteiger partial charge in [0.25, 0.3) is 0 Å². The van der Waals surface area contributed by atoms with Gasteiger partial charge in [-0.2, -0.15) is 0 Å². The monoisotopic (exact) mass is 274 g/mol. The van der Waals surface area contributed by atoms with E-state index in [1.54, 1.807) is 25.3 Å². The topological polar surface area (TPSA) is 29.5 Å². The van der Waals surface area contributed by atoms with E-state index in [2.05, 4.69) is 0 Å². The van der Waals surface area contributed by atoms with E-state index in [1.807, 2.05) is 26.0 Å². The Bertz CT molecular complexity index is 608. The summed E-state index contributed by atoms with van der Waals surface area (Å²) in [7, 11) is 1.58. The van der Waals surface area contributed by atoms with E-state index in [0.29, 0.717) is 11.3 Å². The van der Waals surface area contributed by atoms with E-state index < -0.39 is 6.10 Å². The van der Waals surface area contributed by atoms with Gasteiger partial charge in [0.15, 0.2) is 0 Å². The number of halogens is 1. The lowest BCUT2D eigenvalue weighted by molar-refractivity contribution is 0.172. The summed E-state index contributed by atoms with van der Waals surface area (Å²) in [6, 6.07) is 10.4. The van der Waals surface area contributed by atoms with Crippen LogP contribution in [0.4, 0.5) is 4.39 Å². The summed E-state index contributed by atoms with van der Waals surface area (Å²) in [6.07, 6.45) is -0.560. The van der Waals surface area contributed by atoms with E-state index in [4.69, 9.17) is 4.74 Å². The van der Waals surface area contributed by atoms with E-state index in [9.17, 15) is 9.50 Å². The molecule has 0 spiro atoms. The van der Waals surface area contributed by atoms with Gasteiger partial charge >= 0.3 is 0 Å². The number of aryl methyl sites for hydroxylation is 2. The largest absolute Gasteiger partial charge is 0.496 e. The minimum Gasteiger partial charge on any atom is -0.496 e. The van der Waals surface area contributed by atoms with Gasteiger partial charge < -0.3 is 9.84 Å². The van der Waals surface area contributed by atoms with Crippen LogP contribution >= 0.6 is 0 Å². The fourth-order valence-corrected chi connectivity index (χ4v) is 2.51. The summed E-state index contributed by atoms with van der Waals surface area (Å²) >= 11 is 0. The molecule has 0 aliphatic carbocycles. The summed E-state index contributed by atoms with van der Waals surface area (Å²) in [5.74, 6) is 0.349. The number of ether oxygens (including phenoxy) is 1. The molecule has 1 N–H and O–H groups in total. The molecule has 106 valence electrons. The third-order valence-electron chi connectivity index (χ3n) is 3.42. The number of hydrogen-bond donors (Lipinski definition) is 1. The van der Waals surface area contributed by atoms with Crippen molar-refractivity contribution in [3.8, 4) is 5.75 Å². The van der Waals surface area contributed by atoms with Crippen LogP contribution in [0.5, 0.6) is 5.75 Å². The number of methoxy groups -OCH3 is 1. The van der Waals surface area contributed by atoms with Gasteiger partial charge in [-0.25, -0.2) is 4.39 Å². The molecule has 0 aliphatic rings. The number of benzene rings is 2. The van der Waals surface area contributed by atoms with E-state index in [1.165, 1.54) is 6.07 Å². The molecule has 0 heterocycles. The second kappa shape index (κ2) is 6.06. The van der Waals surface area contributed by atoms with Crippen LogP contribution in [0.15, 0.2) is 36.4 Å². The van der Waals surface area contributed by atoms with Crippen molar-refractivity contribution in [3.05, 3.63) is 64.5 Å². The molecule has 0 amide bonds. The second-order valence-corrected chi connectivity index (χ2v) is 5.01. The lowest BCUT2D eigenvalue weighted by Gasteiger charge is -2.18. The van der Waals surface area contributed by atoms with Crippen LogP contribution in [0, 0.1) is 19.7 Å². The summed E-state index contributed by atoms with van der Waals surface area (Å²) < 4.78 is 19.0. The first kappa shape index (κ1) is 14.5. The van der Waals surface area contributed by atoms with Gasteiger partial charge in [-0.1, -0.05) is 24.3 Å². The number of hydrogen-bond acceptors (Lipinski definition) is 2. The van der Waals surface area contributed by atoms with Gasteiger partial charge in [0.2, 0.25) is 0 Å². The smallest absolute Gasteiger partial charge is 0.126 e. The Hall–Kier alpha value is -1.87. The fourth-order valence-electron chi connectivity index (χ4n) is 2.51. The van der Waals surface area contributed by atoms with Crippen LogP contribution in [-0.4, -0.2) is 12.2 Å². The highest BCUT2D eigenvalue weighted by atomic mass is 19.1. The zero-order valence-corrected chi connectivity index (χ0v) is 12.0. The van der Waals surface area contributed by atoms with Crippen molar-refractivity contribution < 1.29 is 14.2 Å². The first-order valence-corrected chi connectivity index (χ1v) is 6.59. The molecule has 2 nitrogen and oxygen atoms in total. The Balaban J connectivity index is 2.34. The highest BCUT2D eigenvalue weighted by molar-refractivity contribution is 5.45. The standard InChI is InChI=1S/C17H19FO2/c1-11-8-12(2)17(16(9-11)20-3)15(19)10-13-6-4-5-7-14(13)18/h4-9,15,19H,10H2,1-3H3. The van der Waals surface area contributed by atoms with Crippen molar-refractivity contribution in [2.24, 2.45) is 0 Å². The quantitative estimate of drug-likeness (QED) is 0.920. The van der Waals surface area contributed by atoms with Crippen LogP contribution in [0.2, 0.25) is 0 Å². The van der Waals surface area contributed by atoms with E-state index >= 15 is 0 Å². The number of aliphatic hydroxyl groups is 1. The molecular formula is C17H19FO2. The molecule has 0 aliphatic heterocycles. The third kappa shape index (κ3) is 2.99. The van der Waals surface area contributed by atoms with Crippen LogP contribution in [-0.2, 0) is 6.42 Å². The molecule has 0 saturated heterocycles. The molecule has 1 atom stereocenters. The van der Waals surface area contributed by atoms with E-state index in [-0.39, 0.29) is 12.2 Å². The Kier molecular flexibility index (Phi) is 4.40. The number of rotatable bonds is 4. The fraction of sp³-hybridized carbons (Fsp3) is 0.294. The predicted molar refractivity (Wildman–Crippen MR) is 77.5 cm³/mol. The van der Waals surface area contributed by atoms with Crippen molar-refractivity contribution in [2.75, 3.05) is 7.11 Å². The highest BCUT2D eigenvalue weighted by Crippen LogP contribution is 2.32. The molecule has 2 rings (SSSR count). The van der Waals surface area contributed by atoms with Crippen LogP contribution < -0.4 is 4.74 Å². The maximum atomic E-state index is 13.7. The molecule has 0 fully saturated rings. The minimum absolute atomic E-state index is 0.229. The molecule has 0 aromatic heterocycles. The zero-order valence-electron chi connectivity index (χ0n) is 12.0. The lowest BCUT2D eigenvalue weighted by Crippen LogP contribution is -2.08. The molecule has 2 aromatic carbocycles. The highest BCUT2D eigenvalue weighted by Gasteiger charge is 2.18. The van der Waals surface area contributed by atoms with Crippen LogP contribution in [0.25, 0.3) is 0 Å². The van der Waals surface area contributed by atoms with Gasteiger partial charge in [-0.15, -0.1) is 0 Å². The minimum atomic E-state index is -0.789. The molecule has 1 unspecified atom stereocenters. The first-order chi connectivity index (χ1) is 9.52. The third-order valence-corrected chi connectivity index (χ3v) is 3.42. The molecular weight excluding hydrogens is 255 g/mol. The molecule has 3 heteroatoms. The molecule has 0 bridgehead atoms. The molecule has 0 radical (unpaired) electrons. The van der Waals surface area contributed by atoms with Crippen LogP contribution in [0.1, 0.15) is 28.4 Å². The Morgan fingerprint density at radius 3 is 2.55 bits per heavy atom. The maximum Gasteiger partial charge on any atom is 0.126 e. The number of aliphatic hydroxyl groups excluding tert-OH is 1. The zero-order chi connectivity index (χ0) is 14.7. The van der Waals surface area contributed by atoms with Crippen LogP contribution in [0.3, 0.4) is 0 Å². The van der Waals surface area contributed by atoms with Crippen molar-refractivity contribution in [2.45, 2.75) is 26.4 Å². The van der Waals surface area contributed by atoms with Gasteiger partial charge in [0.05, 0.1) is 13.2 Å². The summed E-state index contributed by atoms with van der Waals surface area (Å²) in [4.78, 5) is 0. The molecule has 2 aromatic rings. The predicted octanol–water partition coefficient (Wildman–Crippen LogP) is 3.73. The van der Waals surface area contributed by atoms with Crippen molar-refractivity contribution in [3.63, 3.8) is 0 Å². The summed E-state index contributed by atoms with van der Waals surface area (Å²) in [5.41, 5.74) is 3.25. The summed E-state index contributed by atoms with van der Waals surface area (Å²) in [6.45, 7) is 3.90. The second-order valence-electron chi connectivity index (χ2n) is 5.01. The van der Waals surface area contributed by atoms with E-state index in [0.717, 1.165) is 16.7 Å². The van der Waals surface area contributed by atoms with Crippen molar-refractivity contribution in [1.29, 1.82) is 0 Å².